The molecule has 1 aliphatic heterocycles. The van der Waals surface area contributed by atoms with E-state index in [1.165, 1.54) is 23.0 Å². The first-order chi connectivity index (χ1) is 14.7. The molecule has 0 aliphatic carbocycles. The van der Waals surface area contributed by atoms with Crippen LogP contribution in [0.25, 0.3) is 10.9 Å². The Kier molecular flexibility index (Phi) is 5.79. The maximum absolute atomic E-state index is 13.2. The van der Waals surface area contributed by atoms with Gasteiger partial charge in [0.2, 0.25) is 0 Å². The van der Waals surface area contributed by atoms with E-state index in [0.29, 0.717) is 6.54 Å². The van der Waals surface area contributed by atoms with Crippen LogP contribution in [0.5, 0.6) is 0 Å². The highest BCUT2D eigenvalue weighted by Gasteiger charge is 2.45. The Balaban J connectivity index is 1.39. The SMILES string of the molecule is CC(CC(=O)c1cnc(N2CCN(C)C(C(F)(F)F)C2)o1)Cc1c[nH]c2ccccc12. The Morgan fingerprint density at radius 2 is 2.10 bits per heavy atom. The zero-order valence-corrected chi connectivity index (χ0v) is 17.4. The van der Waals surface area contributed by atoms with Crippen LogP contribution in [0, 0.1) is 5.92 Å². The van der Waals surface area contributed by atoms with Gasteiger partial charge < -0.3 is 14.3 Å². The van der Waals surface area contributed by atoms with Crippen LogP contribution in [0.15, 0.2) is 41.1 Å². The van der Waals surface area contributed by atoms with E-state index in [0.717, 1.165) is 22.9 Å². The minimum absolute atomic E-state index is 0.0648. The molecule has 9 heteroatoms. The molecule has 1 aromatic carbocycles. The number of piperazine rings is 1. The smallest absolute Gasteiger partial charge is 0.405 e. The molecule has 166 valence electrons. The number of aromatic amines is 1. The van der Waals surface area contributed by atoms with Crippen LogP contribution in [0.3, 0.4) is 0 Å². The summed E-state index contributed by atoms with van der Waals surface area (Å²) in [5.74, 6) is -0.0469. The minimum atomic E-state index is -4.34. The molecule has 4 rings (SSSR count). The Bertz CT molecular complexity index is 1060. The molecule has 1 fully saturated rings. The lowest BCUT2D eigenvalue weighted by atomic mass is 9.95. The van der Waals surface area contributed by atoms with Gasteiger partial charge in [0.1, 0.15) is 6.04 Å². The van der Waals surface area contributed by atoms with Gasteiger partial charge in [-0.2, -0.15) is 13.2 Å². The molecule has 0 bridgehead atoms. The fourth-order valence-electron chi connectivity index (χ4n) is 4.11. The van der Waals surface area contributed by atoms with Crippen molar-refractivity contribution in [2.75, 3.05) is 31.6 Å². The van der Waals surface area contributed by atoms with Crippen LogP contribution in [0.4, 0.5) is 19.2 Å². The number of nitrogens with one attached hydrogen (secondary N) is 1. The van der Waals surface area contributed by atoms with Gasteiger partial charge in [-0.15, -0.1) is 0 Å². The Morgan fingerprint density at radius 3 is 2.87 bits per heavy atom. The number of alkyl halides is 3. The number of Topliss-reactive ketones (excluding diaryl/α,β-unsaturated/α-hetero) is 1. The number of carbonyl (C=O) groups is 1. The van der Waals surface area contributed by atoms with Crippen LogP contribution in [0.2, 0.25) is 0 Å². The second kappa shape index (κ2) is 8.37. The highest BCUT2D eigenvalue weighted by molar-refractivity contribution is 5.93. The number of nitrogens with zero attached hydrogens (tertiary/aromatic N) is 3. The van der Waals surface area contributed by atoms with Crippen LogP contribution < -0.4 is 4.90 Å². The van der Waals surface area contributed by atoms with Gasteiger partial charge in [0.25, 0.3) is 6.01 Å². The van der Waals surface area contributed by atoms with Gasteiger partial charge in [0, 0.05) is 43.2 Å². The summed E-state index contributed by atoms with van der Waals surface area (Å²) >= 11 is 0. The average Bonchev–Trinajstić information content (AvgIpc) is 3.35. The molecule has 2 aromatic heterocycles. The molecule has 31 heavy (non-hydrogen) atoms. The zero-order chi connectivity index (χ0) is 22.2. The summed E-state index contributed by atoms with van der Waals surface area (Å²) in [6.07, 6.45) is -0.0688. The Morgan fingerprint density at radius 1 is 1.32 bits per heavy atom. The number of hydrogen-bond acceptors (Lipinski definition) is 5. The summed E-state index contributed by atoms with van der Waals surface area (Å²) in [5, 5.41) is 1.14. The third kappa shape index (κ3) is 4.61. The van der Waals surface area contributed by atoms with E-state index in [1.807, 2.05) is 37.4 Å². The molecule has 6 nitrogen and oxygen atoms in total. The summed E-state index contributed by atoms with van der Waals surface area (Å²) in [5.41, 5.74) is 2.20. The van der Waals surface area contributed by atoms with Crippen LogP contribution in [-0.4, -0.2) is 59.6 Å². The van der Waals surface area contributed by atoms with Crippen molar-refractivity contribution in [3.05, 3.63) is 48.0 Å². The second-order valence-electron chi connectivity index (χ2n) is 8.29. The van der Waals surface area contributed by atoms with Crippen molar-refractivity contribution >= 4 is 22.7 Å². The van der Waals surface area contributed by atoms with Gasteiger partial charge in [-0.25, -0.2) is 4.98 Å². The number of hydrogen-bond donors (Lipinski definition) is 1. The van der Waals surface area contributed by atoms with Gasteiger partial charge in [-0.1, -0.05) is 25.1 Å². The number of likely N-dealkylation sites (N-methyl/N-ethyl adjacent to an activating group) is 1. The van der Waals surface area contributed by atoms with Gasteiger partial charge in [0.15, 0.2) is 11.5 Å². The summed E-state index contributed by atoms with van der Waals surface area (Å²) in [6.45, 7) is 2.31. The quantitative estimate of drug-likeness (QED) is 0.587. The van der Waals surface area contributed by atoms with Crippen molar-refractivity contribution in [1.29, 1.82) is 0 Å². The van der Waals surface area contributed by atoms with E-state index in [-0.39, 0.29) is 43.0 Å². The number of fused-ring (bicyclic) bond motifs is 1. The number of para-hydroxylation sites is 1. The van der Waals surface area contributed by atoms with Crippen molar-refractivity contribution in [1.82, 2.24) is 14.9 Å². The number of ketones is 1. The third-order valence-electron chi connectivity index (χ3n) is 5.84. The van der Waals surface area contributed by atoms with Gasteiger partial charge >= 0.3 is 6.18 Å². The zero-order valence-electron chi connectivity index (χ0n) is 17.4. The lowest BCUT2D eigenvalue weighted by molar-refractivity contribution is -0.180. The molecule has 3 heterocycles. The van der Waals surface area contributed by atoms with E-state index in [9.17, 15) is 18.0 Å². The Hall–Kier alpha value is -2.81. The van der Waals surface area contributed by atoms with Crippen molar-refractivity contribution in [2.45, 2.75) is 32.0 Å². The maximum atomic E-state index is 13.2. The number of aromatic nitrogens is 2. The summed E-state index contributed by atoms with van der Waals surface area (Å²) in [7, 11) is 1.45. The molecule has 3 aromatic rings. The predicted octanol–water partition coefficient (Wildman–Crippen LogP) is 4.29. The topological polar surface area (TPSA) is 65.4 Å². The lowest BCUT2D eigenvalue weighted by Crippen LogP contribution is -2.57. The van der Waals surface area contributed by atoms with E-state index in [4.69, 9.17) is 4.42 Å². The number of anilines is 1. The molecule has 2 atom stereocenters. The van der Waals surface area contributed by atoms with Crippen molar-refractivity contribution in [2.24, 2.45) is 5.92 Å². The highest BCUT2D eigenvalue weighted by Crippen LogP contribution is 2.29. The van der Waals surface area contributed by atoms with Gasteiger partial charge in [-0.05, 0) is 31.0 Å². The molecule has 0 spiro atoms. The van der Waals surface area contributed by atoms with Crippen molar-refractivity contribution in [3.8, 4) is 0 Å². The standard InChI is InChI=1S/C22H25F3N4O2/c1-14(9-15-11-26-17-6-4-3-5-16(15)17)10-18(30)19-12-27-21(31-19)29-8-7-28(2)20(13-29)22(23,24)25/h3-6,11-12,14,20,26H,7-10,13H2,1-2H3. The molecule has 0 amide bonds. The highest BCUT2D eigenvalue weighted by atomic mass is 19.4. The Labute approximate surface area is 178 Å². The number of benzene rings is 1. The molecular weight excluding hydrogens is 409 g/mol. The van der Waals surface area contributed by atoms with Crippen LogP contribution in [0.1, 0.15) is 29.5 Å². The summed E-state index contributed by atoms with van der Waals surface area (Å²) < 4.78 is 45.3. The first-order valence-corrected chi connectivity index (χ1v) is 10.3. The van der Waals surface area contributed by atoms with Crippen LogP contribution >= 0.6 is 0 Å². The molecular formula is C22H25F3N4O2. The summed E-state index contributed by atoms with van der Waals surface area (Å²) in [6, 6.07) is 6.47. The van der Waals surface area contributed by atoms with Crippen LogP contribution in [-0.2, 0) is 6.42 Å². The first kappa shape index (κ1) is 21.4. The van der Waals surface area contributed by atoms with Crippen molar-refractivity contribution in [3.63, 3.8) is 0 Å². The molecule has 2 unspecified atom stereocenters. The van der Waals surface area contributed by atoms with E-state index in [2.05, 4.69) is 9.97 Å². The minimum Gasteiger partial charge on any atom is -0.420 e. The molecule has 1 aliphatic rings. The fourth-order valence-corrected chi connectivity index (χ4v) is 4.11. The van der Waals surface area contributed by atoms with Gasteiger partial charge in [-0.3, -0.25) is 9.69 Å². The van der Waals surface area contributed by atoms with E-state index in [1.54, 1.807) is 0 Å². The first-order valence-electron chi connectivity index (χ1n) is 10.3. The lowest BCUT2D eigenvalue weighted by Gasteiger charge is -2.39. The third-order valence-corrected chi connectivity index (χ3v) is 5.84. The number of halogens is 3. The molecule has 0 saturated carbocycles. The fraction of sp³-hybridized carbons (Fsp3) is 0.455. The molecule has 0 radical (unpaired) electrons. The van der Waals surface area contributed by atoms with Crippen molar-refractivity contribution < 1.29 is 22.4 Å². The van der Waals surface area contributed by atoms with E-state index < -0.39 is 12.2 Å². The number of H-pyrrole nitrogens is 1. The second-order valence-corrected chi connectivity index (χ2v) is 8.29. The van der Waals surface area contributed by atoms with Gasteiger partial charge in [0.05, 0.1) is 6.20 Å². The maximum Gasteiger partial charge on any atom is 0.405 e. The van der Waals surface area contributed by atoms with E-state index >= 15 is 0 Å². The molecule has 1 saturated heterocycles. The number of oxazole rings is 1. The number of rotatable bonds is 6. The monoisotopic (exact) mass is 434 g/mol. The number of carbonyl (C=O) groups excluding carboxylic acids is 1. The summed E-state index contributed by atoms with van der Waals surface area (Å²) in [4.78, 5) is 22.7. The average molecular weight is 434 g/mol. The molecule has 1 N–H and O–H groups in total. The largest absolute Gasteiger partial charge is 0.420 e. The normalized spacial score (nSPS) is 19.1. The predicted molar refractivity (Wildman–Crippen MR) is 111 cm³/mol.